The summed E-state index contributed by atoms with van der Waals surface area (Å²) in [6.07, 6.45) is 6.03. The van der Waals surface area contributed by atoms with Gasteiger partial charge in [-0.25, -0.2) is 22.0 Å². The molecule has 0 bridgehead atoms. The zero-order chi connectivity index (χ0) is 13.9. The van der Waals surface area contributed by atoms with Gasteiger partial charge in [-0.3, -0.25) is 0 Å². The minimum atomic E-state index is -2.19. The highest BCUT2D eigenvalue weighted by molar-refractivity contribution is 5.49. The predicted molar refractivity (Wildman–Crippen MR) is 57.4 cm³/mol. The number of rotatable bonds is 4. The molecule has 0 aliphatic rings. The topological polar surface area (TPSA) is 12.0 Å². The van der Waals surface area contributed by atoms with Gasteiger partial charge in [-0.05, 0) is 6.42 Å². The standard InChI is InChI=1S/C12H10F5N/c1-3-5-6(4-2)18-12-10(16)8(14)7(13)9(15)11(12)17/h2,6,18H,3,5H2,1H3. The Labute approximate surface area is 101 Å². The van der Waals surface area contributed by atoms with E-state index in [0.29, 0.717) is 12.8 Å². The van der Waals surface area contributed by atoms with Gasteiger partial charge in [0, 0.05) is 0 Å². The zero-order valence-corrected chi connectivity index (χ0v) is 9.46. The van der Waals surface area contributed by atoms with E-state index in [1.54, 1.807) is 6.92 Å². The first-order valence-corrected chi connectivity index (χ1v) is 5.18. The fourth-order valence-corrected chi connectivity index (χ4v) is 1.39. The van der Waals surface area contributed by atoms with Crippen molar-refractivity contribution in [3.63, 3.8) is 0 Å². The van der Waals surface area contributed by atoms with Crippen molar-refractivity contribution in [3.05, 3.63) is 29.1 Å². The summed E-state index contributed by atoms with van der Waals surface area (Å²) in [5.41, 5.74) is -1.09. The van der Waals surface area contributed by atoms with E-state index in [9.17, 15) is 22.0 Å². The smallest absolute Gasteiger partial charge is 0.200 e. The Hall–Kier alpha value is -1.77. The zero-order valence-electron chi connectivity index (χ0n) is 9.46. The third-order valence-corrected chi connectivity index (χ3v) is 2.31. The van der Waals surface area contributed by atoms with Gasteiger partial charge in [0.15, 0.2) is 23.3 Å². The first-order valence-electron chi connectivity index (χ1n) is 5.18. The summed E-state index contributed by atoms with van der Waals surface area (Å²) in [4.78, 5) is 0. The van der Waals surface area contributed by atoms with Crippen LogP contribution in [0.2, 0.25) is 0 Å². The second-order valence-electron chi connectivity index (χ2n) is 3.60. The van der Waals surface area contributed by atoms with E-state index in [0.717, 1.165) is 0 Å². The lowest BCUT2D eigenvalue weighted by molar-refractivity contribution is 0.381. The molecular formula is C12H10F5N. The van der Waals surface area contributed by atoms with Crippen molar-refractivity contribution in [1.82, 2.24) is 0 Å². The van der Waals surface area contributed by atoms with Crippen molar-refractivity contribution in [3.8, 4) is 12.3 Å². The van der Waals surface area contributed by atoms with Crippen LogP contribution in [0.15, 0.2) is 0 Å². The molecule has 0 aliphatic heterocycles. The van der Waals surface area contributed by atoms with Crippen LogP contribution in [0.5, 0.6) is 0 Å². The van der Waals surface area contributed by atoms with E-state index in [2.05, 4.69) is 11.2 Å². The Balaban J connectivity index is 3.21. The predicted octanol–water partition coefficient (Wildman–Crippen LogP) is 3.60. The molecule has 0 saturated carbocycles. The number of benzene rings is 1. The molecule has 0 saturated heterocycles. The number of nitrogens with one attached hydrogen (secondary N) is 1. The number of hydrogen-bond acceptors (Lipinski definition) is 1. The first-order chi connectivity index (χ1) is 8.43. The molecule has 98 valence electrons. The van der Waals surface area contributed by atoms with Gasteiger partial charge in [0.2, 0.25) is 5.82 Å². The van der Waals surface area contributed by atoms with Crippen molar-refractivity contribution < 1.29 is 22.0 Å². The maximum absolute atomic E-state index is 13.3. The molecule has 1 atom stereocenters. The summed E-state index contributed by atoms with van der Waals surface area (Å²) < 4.78 is 65.1. The van der Waals surface area contributed by atoms with Gasteiger partial charge in [-0.2, -0.15) is 0 Å². The maximum Gasteiger partial charge on any atom is 0.200 e. The molecule has 1 aromatic rings. The normalized spacial score (nSPS) is 12.1. The SMILES string of the molecule is C#CC(CCC)Nc1c(F)c(F)c(F)c(F)c1F. The molecular weight excluding hydrogens is 253 g/mol. The van der Waals surface area contributed by atoms with Gasteiger partial charge in [0.05, 0.1) is 6.04 Å². The second-order valence-corrected chi connectivity index (χ2v) is 3.60. The third kappa shape index (κ3) is 2.55. The third-order valence-electron chi connectivity index (χ3n) is 2.31. The van der Waals surface area contributed by atoms with Gasteiger partial charge < -0.3 is 5.32 Å². The lowest BCUT2D eigenvalue weighted by atomic mass is 10.1. The molecule has 1 unspecified atom stereocenters. The number of halogens is 5. The van der Waals surface area contributed by atoms with Crippen LogP contribution in [-0.2, 0) is 0 Å². The average Bonchev–Trinajstić information content (AvgIpc) is 2.37. The lowest BCUT2D eigenvalue weighted by Gasteiger charge is -2.15. The molecule has 1 aromatic carbocycles. The Morgan fingerprint density at radius 3 is 1.83 bits per heavy atom. The largest absolute Gasteiger partial charge is 0.367 e. The monoisotopic (exact) mass is 263 g/mol. The van der Waals surface area contributed by atoms with Gasteiger partial charge in [-0.1, -0.05) is 19.3 Å². The fourth-order valence-electron chi connectivity index (χ4n) is 1.39. The van der Waals surface area contributed by atoms with E-state index in [-0.39, 0.29) is 0 Å². The summed E-state index contributed by atoms with van der Waals surface area (Å²) in [6, 6.07) is -0.803. The summed E-state index contributed by atoms with van der Waals surface area (Å²) in [6.45, 7) is 1.77. The van der Waals surface area contributed by atoms with Crippen LogP contribution in [0.1, 0.15) is 19.8 Å². The summed E-state index contributed by atoms with van der Waals surface area (Å²) in [5, 5.41) is 2.14. The molecule has 1 N–H and O–H groups in total. The van der Waals surface area contributed by atoms with Crippen LogP contribution >= 0.6 is 0 Å². The molecule has 0 radical (unpaired) electrons. The molecule has 0 aliphatic carbocycles. The number of hydrogen-bond donors (Lipinski definition) is 1. The van der Waals surface area contributed by atoms with Crippen LogP contribution in [0.4, 0.5) is 27.6 Å². The van der Waals surface area contributed by atoms with Crippen LogP contribution in [0, 0.1) is 41.4 Å². The summed E-state index contributed by atoms with van der Waals surface area (Å²) >= 11 is 0. The van der Waals surface area contributed by atoms with Gasteiger partial charge >= 0.3 is 0 Å². The number of anilines is 1. The molecule has 1 rings (SSSR count). The van der Waals surface area contributed by atoms with Crippen molar-refractivity contribution in [2.75, 3.05) is 5.32 Å². The molecule has 18 heavy (non-hydrogen) atoms. The molecule has 0 amide bonds. The van der Waals surface area contributed by atoms with E-state index in [4.69, 9.17) is 6.42 Å². The molecule has 0 heterocycles. The molecule has 0 fully saturated rings. The van der Waals surface area contributed by atoms with Crippen molar-refractivity contribution in [2.24, 2.45) is 0 Å². The van der Waals surface area contributed by atoms with Crippen molar-refractivity contribution in [2.45, 2.75) is 25.8 Å². The molecule has 0 aromatic heterocycles. The van der Waals surface area contributed by atoms with Crippen LogP contribution in [0.25, 0.3) is 0 Å². The van der Waals surface area contributed by atoms with E-state index >= 15 is 0 Å². The second kappa shape index (κ2) is 5.71. The minimum absolute atomic E-state index is 0.343. The molecule has 1 nitrogen and oxygen atoms in total. The first kappa shape index (κ1) is 14.3. The summed E-state index contributed by atoms with van der Waals surface area (Å²) in [7, 11) is 0. The highest BCUT2D eigenvalue weighted by atomic mass is 19.2. The van der Waals surface area contributed by atoms with Crippen molar-refractivity contribution >= 4 is 5.69 Å². The Morgan fingerprint density at radius 2 is 1.44 bits per heavy atom. The van der Waals surface area contributed by atoms with Gasteiger partial charge in [0.1, 0.15) is 5.69 Å². The van der Waals surface area contributed by atoms with Gasteiger partial charge in [-0.15, -0.1) is 6.42 Å². The van der Waals surface area contributed by atoms with Gasteiger partial charge in [0.25, 0.3) is 0 Å². The van der Waals surface area contributed by atoms with Crippen molar-refractivity contribution in [1.29, 1.82) is 0 Å². The highest BCUT2D eigenvalue weighted by Gasteiger charge is 2.26. The Bertz CT molecular complexity index is 463. The van der Waals surface area contributed by atoms with E-state index in [1.165, 1.54) is 0 Å². The Morgan fingerprint density at radius 1 is 1.00 bits per heavy atom. The Kier molecular flexibility index (Phi) is 4.54. The average molecular weight is 263 g/mol. The molecule has 0 spiro atoms. The van der Waals surface area contributed by atoms with E-state index in [1.807, 2.05) is 0 Å². The van der Waals surface area contributed by atoms with E-state index < -0.39 is 40.8 Å². The highest BCUT2D eigenvalue weighted by Crippen LogP contribution is 2.27. The molecule has 6 heteroatoms. The van der Waals surface area contributed by atoms with Crippen LogP contribution < -0.4 is 5.32 Å². The quantitative estimate of drug-likeness (QED) is 0.379. The van der Waals surface area contributed by atoms with Crippen LogP contribution in [0.3, 0.4) is 0 Å². The summed E-state index contributed by atoms with van der Waals surface area (Å²) in [5.74, 6) is -7.84. The van der Waals surface area contributed by atoms with Crippen LogP contribution in [-0.4, -0.2) is 6.04 Å². The lowest BCUT2D eigenvalue weighted by Crippen LogP contribution is -2.20. The minimum Gasteiger partial charge on any atom is -0.367 e. The maximum atomic E-state index is 13.3. The number of terminal acetylenes is 1. The fraction of sp³-hybridized carbons (Fsp3) is 0.333.